The first-order valence-electron chi connectivity index (χ1n) is 10.1. The third-order valence-corrected chi connectivity index (χ3v) is 4.58. The number of aromatic nitrogens is 4. The molecule has 0 saturated carbocycles. The minimum absolute atomic E-state index is 0.0133. The summed E-state index contributed by atoms with van der Waals surface area (Å²) in [4.78, 5) is 14.7. The molecule has 1 aliphatic heterocycles. The van der Waals surface area contributed by atoms with Gasteiger partial charge in [-0.15, -0.1) is 0 Å². The molecule has 0 saturated heterocycles. The standard InChI is InChI=1S/C18H15FN4O3.C4H3ClFN3/c19-14-10-20-18(22-11-2-1-3-13(24)8-11)23-17(14)21-12-4-5-15-16(9-12)26-7-6-25-15;5-4-8-1-2(6)3(7)9-4/h1-5,8-10,24H,6-7H2,(H2,20,21,22,23);1H,(H2,7,8,9). The Labute approximate surface area is 202 Å². The molecular formula is C22H18ClF2N7O3. The summed E-state index contributed by atoms with van der Waals surface area (Å²) in [5.41, 5.74) is 6.20. The summed E-state index contributed by atoms with van der Waals surface area (Å²) in [7, 11) is 0. The van der Waals surface area contributed by atoms with Crippen LogP contribution in [0.25, 0.3) is 0 Å². The Hall–Kier alpha value is -4.45. The lowest BCUT2D eigenvalue weighted by Crippen LogP contribution is -2.15. The molecule has 0 spiro atoms. The van der Waals surface area contributed by atoms with Crippen molar-refractivity contribution in [2.24, 2.45) is 0 Å². The van der Waals surface area contributed by atoms with E-state index in [0.717, 1.165) is 12.4 Å². The van der Waals surface area contributed by atoms with Gasteiger partial charge in [0.2, 0.25) is 11.2 Å². The van der Waals surface area contributed by atoms with Crippen molar-refractivity contribution in [3.05, 3.63) is 71.8 Å². The molecule has 10 nitrogen and oxygen atoms in total. The van der Waals surface area contributed by atoms with Crippen molar-refractivity contribution < 1.29 is 23.4 Å². The van der Waals surface area contributed by atoms with Crippen LogP contribution in [0.2, 0.25) is 5.28 Å². The van der Waals surface area contributed by atoms with Crippen LogP contribution < -0.4 is 25.8 Å². The first-order valence-corrected chi connectivity index (χ1v) is 10.4. The second-order valence-electron chi connectivity index (χ2n) is 6.92. The lowest BCUT2D eigenvalue weighted by atomic mass is 10.2. The Morgan fingerprint density at radius 1 is 0.886 bits per heavy atom. The molecule has 0 aliphatic carbocycles. The maximum absolute atomic E-state index is 14.1. The molecule has 0 radical (unpaired) electrons. The zero-order chi connectivity index (χ0) is 24.8. The van der Waals surface area contributed by atoms with Crippen molar-refractivity contribution in [2.45, 2.75) is 0 Å². The summed E-state index contributed by atoms with van der Waals surface area (Å²) in [5.74, 6) is 0.0730. The average molecular weight is 502 g/mol. The molecule has 4 aromatic rings. The van der Waals surface area contributed by atoms with Gasteiger partial charge in [0.15, 0.2) is 34.8 Å². The second kappa shape index (κ2) is 10.7. The lowest BCUT2D eigenvalue weighted by Gasteiger charge is -2.19. The van der Waals surface area contributed by atoms with Gasteiger partial charge in [-0.1, -0.05) is 6.07 Å². The average Bonchev–Trinajstić information content (AvgIpc) is 2.84. The fourth-order valence-corrected chi connectivity index (χ4v) is 2.98. The highest BCUT2D eigenvalue weighted by Crippen LogP contribution is 2.33. The van der Waals surface area contributed by atoms with Gasteiger partial charge in [0.1, 0.15) is 19.0 Å². The maximum atomic E-state index is 14.1. The van der Waals surface area contributed by atoms with Gasteiger partial charge in [0, 0.05) is 23.5 Å². The van der Waals surface area contributed by atoms with E-state index in [1.54, 1.807) is 36.4 Å². The van der Waals surface area contributed by atoms with E-state index in [1.807, 2.05) is 0 Å². The Balaban J connectivity index is 0.000000271. The summed E-state index contributed by atoms with van der Waals surface area (Å²) in [5, 5.41) is 15.3. The highest BCUT2D eigenvalue weighted by Gasteiger charge is 2.13. The van der Waals surface area contributed by atoms with Crippen molar-refractivity contribution in [1.82, 2.24) is 19.9 Å². The van der Waals surface area contributed by atoms with E-state index >= 15 is 0 Å². The Morgan fingerprint density at radius 3 is 2.37 bits per heavy atom. The number of benzene rings is 2. The predicted octanol–water partition coefficient (Wildman–Crippen LogP) is 4.43. The number of phenols is 1. The van der Waals surface area contributed by atoms with Gasteiger partial charge < -0.3 is 30.9 Å². The Kier molecular flexibility index (Phi) is 7.21. The summed E-state index contributed by atoms with van der Waals surface area (Å²) >= 11 is 5.25. The summed E-state index contributed by atoms with van der Waals surface area (Å²) in [6, 6.07) is 11.7. The molecule has 0 atom stereocenters. The van der Waals surface area contributed by atoms with E-state index in [-0.39, 0.29) is 28.6 Å². The third-order valence-electron chi connectivity index (χ3n) is 4.39. The van der Waals surface area contributed by atoms with Gasteiger partial charge in [0.05, 0.1) is 12.4 Å². The van der Waals surface area contributed by atoms with E-state index < -0.39 is 11.6 Å². The number of aromatic hydroxyl groups is 1. The van der Waals surface area contributed by atoms with Crippen LogP contribution in [-0.2, 0) is 0 Å². The number of anilines is 5. The largest absolute Gasteiger partial charge is 0.508 e. The highest BCUT2D eigenvalue weighted by molar-refractivity contribution is 6.28. The molecule has 0 amide bonds. The van der Waals surface area contributed by atoms with Gasteiger partial charge in [0.25, 0.3) is 0 Å². The minimum atomic E-state index is -0.653. The SMILES string of the molecule is Nc1nc(Cl)ncc1F.Oc1cccc(Nc2ncc(F)c(Nc3ccc4c(c3)OCCO4)n2)c1. The van der Waals surface area contributed by atoms with Crippen molar-refractivity contribution in [1.29, 1.82) is 0 Å². The molecule has 5 N–H and O–H groups in total. The van der Waals surface area contributed by atoms with Crippen molar-refractivity contribution >= 4 is 40.6 Å². The van der Waals surface area contributed by atoms with Crippen molar-refractivity contribution in [2.75, 3.05) is 29.6 Å². The van der Waals surface area contributed by atoms with Crippen LogP contribution in [0.3, 0.4) is 0 Å². The first-order chi connectivity index (χ1) is 16.9. The van der Waals surface area contributed by atoms with Crippen LogP contribution in [0.5, 0.6) is 17.2 Å². The fourth-order valence-electron chi connectivity index (χ4n) is 2.84. The van der Waals surface area contributed by atoms with E-state index in [0.29, 0.717) is 36.1 Å². The van der Waals surface area contributed by atoms with E-state index in [1.165, 1.54) is 6.07 Å². The van der Waals surface area contributed by atoms with Gasteiger partial charge in [-0.2, -0.15) is 9.97 Å². The normalized spacial score (nSPS) is 11.7. The van der Waals surface area contributed by atoms with E-state index in [9.17, 15) is 13.9 Å². The zero-order valence-corrected chi connectivity index (χ0v) is 18.6. The molecule has 13 heteroatoms. The molecular weight excluding hydrogens is 484 g/mol. The predicted molar refractivity (Wildman–Crippen MR) is 126 cm³/mol. The van der Waals surface area contributed by atoms with Gasteiger partial charge in [-0.05, 0) is 35.9 Å². The zero-order valence-electron chi connectivity index (χ0n) is 17.9. The number of fused-ring (bicyclic) bond motifs is 1. The lowest BCUT2D eigenvalue weighted by molar-refractivity contribution is 0.171. The quantitative estimate of drug-likeness (QED) is 0.297. The molecule has 3 heterocycles. The number of nitrogens with one attached hydrogen (secondary N) is 2. The van der Waals surface area contributed by atoms with E-state index in [4.69, 9.17) is 26.8 Å². The number of hydrogen-bond acceptors (Lipinski definition) is 10. The summed E-state index contributed by atoms with van der Waals surface area (Å²) in [6.07, 6.45) is 1.99. The van der Waals surface area contributed by atoms with Crippen LogP contribution in [0, 0.1) is 11.6 Å². The first kappa shape index (κ1) is 23.7. The summed E-state index contributed by atoms with van der Waals surface area (Å²) < 4.78 is 37.3. The van der Waals surface area contributed by atoms with E-state index in [2.05, 4.69) is 30.6 Å². The van der Waals surface area contributed by atoms with Gasteiger partial charge >= 0.3 is 0 Å². The number of phenolic OH excluding ortho intramolecular Hbond substituents is 1. The second-order valence-corrected chi connectivity index (χ2v) is 7.26. The summed E-state index contributed by atoms with van der Waals surface area (Å²) in [6.45, 7) is 0.973. The molecule has 1 aliphatic rings. The van der Waals surface area contributed by atoms with Crippen LogP contribution in [0.1, 0.15) is 0 Å². The van der Waals surface area contributed by atoms with Crippen LogP contribution >= 0.6 is 11.6 Å². The molecule has 2 aromatic carbocycles. The minimum Gasteiger partial charge on any atom is -0.508 e. The molecule has 0 fully saturated rings. The third kappa shape index (κ3) is 6.32. The van der Waals surface area contributed by atoms with Crippen LogP contribution in [0.15, 0.2) is 54.9 Å². The Bertz CT molecular complexity index is 1350. The number of nitrogens with two attached hydrogens (primary N) is 1. The van der Waals surface area contributed by atoms with Crippen LogP contribution in [0.4, 0.5) is 37.7 Å². The molecule has 35 heavy (non-hydrogen) atoms. The maximum Gasteiger partial charge on any atom is 0.229 e. The highest BCUT2D eigenvalue weighted by atomic mass is 35.5. The number of nitrogens with zero attached hydrogens (tertiary/aromatic N) is 4. The van der Waals surface area contributed by atoms with Crippen LogP contribution in [-0.4, -0.2) is 38.3 Å². The monoisotopic (exact) mass is 501 g/mol. The van der Waals surface area contributed by atoms with Gasteiger partial charge in [-0.3, -0.25) is 0 Å². The molecule has 5 rings (SSSR count). The topological polar surface area (TPSA) is 140 Å². The Morgan fingerprint density at radius 2 is 1.63 bits per heavy atom. The molecule has 0 unspecified atom stereocenters. The molecule has 0 bridgehead atoms. The van der Waals surface area contributed by atoms with Crippen molar-refractivity contribution in [3.8, 4) is 17.2 Å². The van der Waals surface area contributed by atoms with Gasteiger partial charge in [-0.25, -0.2) is 18.7 Å². The number of rotatable bonds is 4. The molecule has 180 valence electrons. The fraction of sp³-hybridized carbons (Fsp3) is 0.0909. The number of ether oxygens (including phenoxy) is 2. The molecule has 2 aromatic heterocycles. The van der Waals surface area contributed by atoms with Crippen molar-refractivity contribution in [3.63, 3.8) is 0 Å². The smallest absolute Gasteiger partial charge is 0.229 e. The number of nitrogen functional groups attached to an aromatic ring is 1. The number of hydrogen-bond donors (Lipinski definition) is 4. The number of halogens is 3.